The van der Waals surface area contributed by atoms with E-state index in [0.29, 0.717) is 5.69 Å². The highest BCUT2D eigenvalue weighted by Gasteiger charge is 2.19. The van der Waals surface area contributed by atoms with E-state index in [2.05, 4.69) is 33.1 Å². The number of anilines is 1. The quantitative estimate of drug-likeness (QED) is 0.428. The average molecular weight is 479 g/mol. The van der Waals surface area contributed by atoms with Gasteiger partial charge in [-0.25, -0.2) is 13.4 Å². The maximum Gasteiger partial charge on any atom is 0.261 e. The molecule has 170 valence electrons. The Morgan fingerprint density at radius 3 is 2.55 bits per heavy atom. The van der Waals surface area contributed by atoms with Crippen molar-refractivity contribution in [1.82, 2.24) is 15.2 Å². The Bertz CT molecular complexity index is 1380. The van der Waals surface area contributed by atoms with Crippen molar-refractivity contribution >= 4 is 37.3 Å². The largest absolute Gasteiger partial charge is 0.314 e. The summed E-state index contributed by atoms with van der Waals surface area (Å²) in [5, 5.41) is 4.20. The minimum atomic E-state index is -3.70. The van der Waals surface area contributed by atoms with Crippen LogP contribution in [0.5, 0.6) is 0 Å². The number of sulfonamides is 1. The van der Waals surface area contributed by atoms with E-state index in [0.717, 1.165) is 59.1 Å². The van der Waals surface area contributed by atoms with Crippen LogP contribution in [0.3, 0.4) is 0 Å². The van der Waals surface area contributed by atoms with Crippen LogP contribution in [-0.2, 0) is 16.6 Å². The van der Waals surface area contributed by atoms with Crippen molar-refractivity contribution < 1.29 is 8.42 Å². The van der Waals surface area contributed by atoms with E-state index in [-0.39, 0.29) is 4.90 Å². The third kappa shape index (κ3) is 4.79. The number of nitrogens with zero attached hydrogens (tertiary/aromatic N) is 2. The van der Waals surface area contributed by atoms with Crippen LogP contribution in [-0.4, -0.2) is 44.5 Å². The van der Waals surface area contributed by atoms with Crippen molar-refractivity contribution in [1.29, 1.82) is 0 Å². The number of hydrogen-bond donors (Lipinski definition) is 2. The third-order valence-electron chi connectivity index (χ3n) is 5.84. The van der Waals surface area contributed by atoms with Crippen LogP contribution in [0, 0.1) is 6.92 Å². The summed E-state index contributed by atoms with van der Waals surface area (Å²) in [6.45, 7) is 6.86. The molecule has 4 aromatic rings. The zero-order chi connectivity index (χ0) is 22.8. The molecule has 8 heteroatoms. The van der Waals surface area contributed by atoms with Crippen molar-refractivity contribution in [2.45, 2.75) is 18.4 Å². The summed E-state index contributed by atoms with van der Waals surface area (Å²) in [5.41, 5.74) is 4.52. The molecule has 1 aromatic heterocycles. The number of fused-ring (bicyclic) bond motifs is 1. The smallest absolute Gasteiger partial charge is 0.261 e. The van der Waals surface area contributed by atoms with Crippen LogP contribution >= 0.6 is 11.3 Å². The first kappa shape index (κ1) is 22.0. The number of benzene rings is 3. The van der Waals surface area contributed by atoms with Crippen LogP contribution in [0.4, 0.5) is 5.69 Å². The molecule has 0 amide bonds. The molecule has 1 aliphatic heterocycles. The van der Waals surface area contributed by atoms with Gasteiger partial charge in [-0.2, -0.15) is 0 Å². The maximum atomic E-state index is 13.0. The predicted molar refractivity (Wildman–Crippen MR) is 135 cm³/mol. The van der Waals surface area contributed by atoms with Crippen molar-refractivity contribution in [2.24, 2.45) is 0 Å². The first-order valence-corrected chi connectivity index (χ1v) is 13.3. The van der Waals surface area contributed by atoms with Crippen LogP contribution in [0.2, 0.25) is 0 Å². The molecule has 0 bridgehead atoms. The minimum absolute atomic E-state index is 0.241. The van der Waals surface area contributed by atoms with Gasteiger partial charge in [0.1, 0.15) is 5.01 Å². The van der Waals surface area contributed by atoms with Gasteiger partial charge in [0, 0.05) is 38.3 Å². The van der Waals surface area contributed by atoms with Crippen LogP contribution in [0.1, 0.15) is 11.1 Å². The molecular formula is C25H26N4O2S2. The monoisotopic (exact) mass is 478 g/mol. The molecule has 2 heterocycles. The highest BCUT2D eigenvalue weighted by Crippen LogP contribution is 2.36. The number of aromatic nitrogens is 1. The highest BCUT2D eigenvalue weighted by molar-refractivity contribution is 7.92. The lowest BCUT2D eigenvalue weighted by Crippen LogP contribution is -2.42. The summed E-state index contributed by atoms with van der Waals surface area (Å²) in [5.74, 6) is 0. The molecule has 3 aromatic carbocycles. The molecule has 6 nitrogen and oxygen atoms in total. The first-order valence-electron chi connectivity index (χ1n) is 11.0. The van der Waals surface area contributed by atoms with Gasteiger partial charge in [-0.3, -0.25) is 9.62 Å². The summed E-state index contributed by atoms with van der Waals surface area (Å²) >= 11 is 1.59. The molecule has 0 radical (unpaired) electrons. The van der Waals surface area contributed by atoms with Crippen molar-refractivity contribution in [3.8, 4) is 10.6 Å². The van der Waals surface area contributed by atoms with E-state index in [9.17, 15) is 8.42 Å². The van der Waals surface area contributed by atoms with Gasteiger partial charge in [0.25, 0.3) is 10.0 Å². The van der Waals surface area contributed by atoms with Gasteiger partial charge >= 0.3 is 0 Å². The van der Waals surface area contributed by atoms with Crippen molar-refractivity contribution in [3.05, 3.63) is 77.9 Å². The summed E-state index contributed by atoms with van der Waals surface area (Å²) in [4.78, 5) is 7.64. The molecule has 0 unspecified atom stereocenters. The Balaban J connectivity index is 1.48. The zero-order valence-corrected chi connectivity index (χ0v) is 20.0. The Morgan fingerprint density at radius 2 is 1.76 bits per heavy atom. The van der Waals surface area contributed by atoms with Gasteiger partial charge in [-0.1, -0.05) is 42.0 Å². The maximum absolute atomic E-state index is 13.0. The summed E-state index contributed by atoms with van der Waals surface area (Å²) in [6.07, 6.45) is 0. The van der Waals surface area contributed by atoms with Gasteiger partial charge in [0.05, 0.1) is 20.8 Å². The van der Waals surface area contributed by atoms with Gasteiger partial charge < -0.3 is 5.32 Å². The van der Waals surface area contributed by atoms with Crippen LogP contribution in [0.25, 0.3) is 20.8 Å². The van der Waals surface area contributed by atoms with Gasteiger partial charge in [-0.15, -0.1) is 11.3 Å². The molecule has 1 aliphatic rings. The first-order chi connectivity index (χ1) is 16.0. The molecule has 33 heavy (non-hydrogen) atoms. The topological polar surface area (TPSA) is 74.3 Å². The normalized spacial score (nSPS) is 15.1. The molecule has 0 spiro atoms. The number of piperazine rings is 1. The highest BCUT2D eigenvalue weighted by atomic mass is 32.2. The average Bonchev–Trinajstić information content (AvgIpc) is 3.25. The number of aryl methyl sites for hydroxylation is 1. The van der Waals surface area contributed by atoms with E-state index >= 15 is 0 Å². The zero-order valence-electron chi connectivity index (χ0n) is 18.4. The molecular weight excluding hydrogens is 452 g/mol. The van der Waals surface area contributed by atoms with Crippen LogP contribution in [0.15, 0.2) is 71.6 Å². The molecule has 2 N–H and O–H groups in total. The third-order valence-corrected chi connectivity index (χ3v) is 8.27. The van der Waals surface area contributed by atoms with E-state index in [1.54, 1.807) is 41.7 Å². The van der Waals surface area contributed by atoms with Crippen molar-refractivity contribution in [2.75, 3.05) is 30.9 Å². The minimum Gasteiger partial charge on any atom is -0.314 e. The second-order valence-electron chi connectivity index (χ2n) is 8.27. The lowest BCUT2D eigenvalue weighted by atomic mass is 10.1. The number of rotatable bonds is 6. The van der Waals surface area contributed by atoms with Gasteiger partial charge in [-0.05, 0) is 42.8 Å². The summed E-state index contributed by atoms with van der Waals surface area (Å²) < 4.78 is 29.9. The molecule has 5 rings (SSSR count). The van der Waals surface area contributed by atoms with E-state index < -0.39 is 10.0 Å². The van der Waals surface area contributed by atoms with E-state index in [4.69, 9.17) is 4.98 Å². The number of para-hydroxylation sites is 2. The molecule has 0 atom stereocenters. The second-order valence-corrected chi connectivity index (χ2v) is 11.0. The fourth-order valence-corrected chi connectivity index (χ4v) is 6.17. The molecule has 0 saturated carbocycles. The summed E-state index contributed by atoms with van der Waals surface area (Å²) in [7, 11) is -3.70. The Kier molecular flexibility index (Phi) is 6.16. The molecule has 1 saturated heterocycles. The fraction of sp³-hybridized carbons (Fsp3) is 0.240. The van der Waals surface area contributed by atoms with Crippen molar-refractivity contribution in [3.63, 3.8) is 0 Å². The second kappa shape index (κ2) is 9.23. The Labute approximate surface area is 198 Å². The lowest BCUT2D eigenvalue weighted by Gasteiger charge is -2.27. The van der Waals surface area contributed by atoms with Gasteiger partial charge in [0.15, 0.2) is 0 Å². The predicted octanol–water partition coefficient (Wildman–Crippen LogP) is 4.48. The fourth-order valence-electron chi connectivity index (χ4n) is 4.04. The van der Waals surface area contributed by atoms with Gasteiger partial charge in [0.2, 0.25) is 0 Å². The Morgan fingerprint density at radius 1 is 1.00 bits per heavy atom. The number of hydrogen-bond acceptors (Lipinski definition) is 6. The Hall–Kier alpha value is -2.78. The van der Waals surface area contributed by atoms with Crippen LogP contribution < -0.4 is 10.0 Å². The summed E-state index contributed by atoms with van der Waals surface area (Å²) in [6, 6.07) is 20.6. The lowest BCUT2D eigenvalue weighted by molar-refractivity contribution is 0.234. The van der Waals surface area contributed by atoms with E-state index in [1.807, 2.05) is 25.1 Å². The SMILES string of the molecule is Cc1ccc(S(=O)(=O)Nc2ccccc2-c2nc3c(CN4CCNCC4)cccc3s2)cc1. The number of thiazole rings is 1. The molecule has 0 aliphatic carbocycles. The number of nitrogens with one attached hydrogen (secondary N) is 2. The standard InChI is InChI=1S/C25H26N4O2S2/c1-18-9-11-20(12-10-18)33(30,31)28-22-7-3-2-6-21(22)25-27-24-19(5-4-8-23(24)32-25)17-29-15-13-26-14-16-29/h2-12,26,28H,13-17H2,1H3. The van der Waals surface area contributed by atoms with E-state index in [1.165, 1.54) is 5.56 Å². The molecule has 1 fully saturated rings.